The Morgan fingerprint density at radius 3 is 2.57 bits per heavy atom. The van der Waals surface area contributed by atoms with Crippen molar-refractivity contribution in [2.75, 3.05) is 0 Å². The van der Waals surface area contributed by atoms with Crippen LogP contribution in [0, 0.1) is 10.1 Å². The first-order valence-corrected chi connectivity index (χ1v) is 8.03. The van der Waals surface area contributed by atoms with E-state index in [-0.39, 0.29) is 10.6 Å². The Bertz CT molecular complexity index is 938. The Balaban J connectivity index is 2.36. The monoisotopic (exact) mass is 321 g/mol. The van der Waals surface area contributed by atoms with Crippen LogP contribution in [0.1, 0.15) is 17.4 Å². The molecule has 0 saturated heterocycles. The Labute approximate surface area is 138 Å². The van der Waals surface area contributed by atoms with Gasteiger partial charge in [-0.1, -0.05) is 55.1 Å². The first-order valence-electron chi connectivity index (χ1n) is 7.21. The standard InChI is InChI=1S/C19H15NO2S/c1-3-8-14-16-11-7-10-15(19(16)23-18(14)4-2)13-9-5-6-12-17(13)20(21)22/h3-12H,2H2,1H3/b8-3-. The number of nitrogens with zero attached hydrogens (tertiary/aromatic N) is 1. The van der Waals surface area contributed by atoms with Gasteiger partial charge in [0.05, 0.1) is 10.5 Å². The lowest BCUT2D eigenvalue weighted by Gasteiger charge is -2.04. The first kappa shape index (κ1) is 15.2. The van der Waals surface area contributed by atoms with E-state index in [1.165, 1.54) is 0 Å². The largest absolute Gasteiger partial charge is 0.277 e. The van der Waals surface area contributed by atoms with Gasteiger partial charge in [-0.05, 0) is 18.6 Å². The van der Waals surface area contributed by atoms with E-state index in [4.69, 9.17) is 0 Å². The summed E-state index contributed by atoms with van der Waals surface area (Å²) in [6, 6.07) is 12.8. The molecule has 0 radical (unpaired) electrons. The fraction of sp³-hybridized carbons (Fsp3) is 0.0526. The molecule has 3 aromatic rings. The number of hydrogen-bond acceptors (Lipinski definition) is 3. The topological polar surface area (TPSA) is 43.1 Å². The van der Waals surface area contributed by atoms with Gasteiger partial charge < -0.3 is 0 Å². The molecular formula is C19H15NO2S. The van der Waals surface area contributed by atoms with Crippen LogP contribution in [0.15, 0.2) is 55.1 Å². The van der Waals surface area contributed by atoms with Crippen molar-refractivity contribution in [2.24, 2.45) is 0 Å². The van der Waals surface area contributed by atoms with Crippen LogP contribution in [-0.4, -0.2) is 4.92 Å². The molecule has 0 aliphatic carbocycles. The van der Waals surface area contributed by atoms with E-state index in [0.717, 1.165) is 26.1 Å². The second-order valence-electron chi connectivity index (χ2n) is 5.04. The van der Waals surface area contributed by atoms with Gasteiger partial charge in [0.2, 0.25) is 0 Å². The number of nitro groups is 1. The van der Waals surface area contributed by atoms with Gasteiger partial charge in [-0.25, -0.2) is 0 Å². The minimum atomic E-state index is -0.330. The number of hydrogen-bond donors (Lipinski definition) is 0. The van der Waals surface area contributed by atoms with Gasteiger partial charge in [0, 0.05) is 26.6 Å². The van der Waals surface area contributed by atoms with Crippen LogP contribution in [-0.2, 0) is 0 Å². The molecular weight excluding hydrogens is 306 g/mol. The lowest BCUT2D eigenvalue weighted by atomic mass is 10.0. The number of nitro benzene ring substituents is 1. The fourth-order valence-corrected chi connectivity index (χ4v) is 3.89. The molecule has 0 atom stereocenters. The van der Waals surface area contributed by atoms with Crippen LogP contribution >= 0.6 is 11.3 Å². The van der Waals surface area contributed by atoms with Crippen molar-refractivity contribution in [3.05, 3.63) is 75.7 Å². The number of rotatable bonds is 4. The summed E-state index contributed by atoms with van der Waals surface area (Å²) in [5.41, 5.74) is 2.77. The maximum absolute atomic E-state index is 11.3. The van der Waals surface area contributed by atoms with E-state index in [9.17, 15) is 10.1 Å². The molecule has 0 unspecified atom stereocenters. The molecule has 23 heavy (non-hydrogen) atoms. The highest BCUT2D eigenvalue weighted by Crippen LogP contribution is 2.41. The van der Waals surface area contributed by atoms with Gasteiger partial charge in [-0.3, -0.25) is 10.1 Å². The molecule has 2 aromatic carbocycles. The van der Waals surface area contributed by atoms with Crippen molar-refractivity contribution in [3.8, 4) is 11.1 Å². The van der Waals surface area contributed by atoms with Gasteiger partial charge in [0.15, 0.2) is 0 Å². The summed E-state index contributed by atoms with van der Waals surface area (Å²) >= 11 is 1.61. The minimum absolute atomic E-state index is 0.126. The Hall–Kier alpha value is -2.72. The smallest absolute Gasteiger partial charge is 0.258 e. The predicted molar refractivity (Wildman–Crippen MR) is 98.7 cm³/mol. The third-order valence-electron chi connectivity index (χ3n) is 3.69. The summed E-state index contributed by atoms with van der Waals surface area (Å²) in [4.78, 5) is 12.1. The summed E-state index contributed by atoms with van der Waals surface area (Å²) < 4.78 is 1.05. The van der Waals surface area contributed by atoms with Crippen LogP contribution in [0.3, 0.4) is 0 Å². The number of thiophene rings is 1. The van der Waals surface area contributed by atoms with Crippen LogP contribution in [0.4, 0.5) is 5.69 Å². The van der Waals surface area contributed by atoms with Crippen molar-refractivity contribution < 1.29 is 4.92 Å². The molecule has 0 bridgehead atoms. The average Bonchev–Trinajstić information content (AvgIpc) is 2.93. The third-order valence-corrected chi connectivity index (χ3v) is 4.94. The lowest BCUT2D eigenvalue weighted by Crippen LogP contribution is -1.91. The van der Waals surface area contributed by atoms with Gasteiger partial charge in [0.25, 0.3) is 5.69 Å². The van der Waals surface area contributed by atoms with Crippen molar-refractivity contribution >= 4 is 39.3 Å². The molecule has 0 aliphatic rings. The summed E-state index contributed by atoms with van der Waals surface area (Å²) in [5.74, 6) is 0. The molecule has 1 heterocycles. The third kappa shape index (κ3) is 2.58. The van der Waals surface area contributed by atoms with Crippen LogP contribution < -0.4 is 0 Å². The summed E-state index contributed by atoms with van der Waals surface area (Å²) in [5, 5.41) is 12.4. The Kier molecular flexibility index (Phi) is 4.08. The van der Waals surface area contributed by atoms with Crippen LogP contribution in [0.2, 0.25) is 0 Å². The fourth-order valence-electron chi connectivity index (χ4n) is 2.72. The van der Waals surface area contributed by atoms with E-state index < -0.39 is 0 Å². The predicted octanol–water partition coefficient (Wildman–Crippen LogP) is 6.15. The van der Waals surface area contributed by atoms with Gasteiger partial charge in [-0.2, -0.15) is 0 Å². The van der Waals surface area contributed by atoms with E-state index in [1.807, 2.05) is 43.3 Å². The zero-order chi connectivity index (χ0) is 16.4. The zero-order valence-corrected chi connectivity index (χ0v) is 13.5. The molecule has 0 spiro atoms. The number of allylic oxidation sites excluding steroid dienone is 1. The molecule has 3 rings (SSSR count). The molecule has 1 aromatic heterocycles. The van der Waals surface area contributed by atoms with E-state index >= 15 is 0 Å². The maximum atomic E-state index is 11.3. The molecule has 4 heteroatoms. The van der Waals surface area contributed by atoms with Crippen molar-refractivity contribution in [1.82, 2.24) is 0 Å². The summed E-state index contributed by atoms with van der Waals surface area (Å²) in [6.45, 7) is 5.86. The lowest BCUT2D eigenvalue weighted by molar-refractivity contribution is -0.384. The second-order valence-corrected chi connectivity index (χ2v) is 6.09. The van der Waals surface area contributed by atoms with Gasteiger partial charge in [0.1, 0.15) is 0 Å². The molecule has 3 nitrogen and oxygen atoms in total. The van der Waals surface area contributed by atoms with E-state index in [0.29, 0.717) is 5.56 Å². The molecule has 0 fully saturated rings. The van der Waals surface area contributed by atoms with E-state index in [2.05, 4.69) is 12.7 Å². The SMILES string of the molecule is C=Cc1sc2c(-c3ccccc3[N+](=O)[O-])cccc2c1/C=C\C. The molecule has 0 amide bonds. The molecule has 0 aliphatic heterocycles. The van der Waals surface area contributed by atoms with Crippen molar-refractivity contribution in [2.45, 2.75) is 6.92 Å². The van der Waals surface area contributed by atoms with Crippen LogP contribution in [0.5, 0.6) is 0 Å². The maximum Gasteiger partial charge on any atom is 0.277 e. The van der Waals surface area contributed by atoms with E-state index in [1.54, 1.807) is 29.5 Å². The Morgan fingerprint density at radius 2 is 1.87 bits per heavy atom. The Morgan fingerprint density at radius 1 is 1.13 bits per heavy atom. The summed E-state index contributed by atoms with van der Waals surface area (Å²) in [6.07, 6.45) is 5.88. The van der Waals surface area contributed by atoms with Crippen molar-refractivity contribution in [1.29, 1.82) is 0 Å². The molecule has 0 saturated carbocycles. The number of para-hydroxylation sites is 1. The average molecular weight is 321 g/mol. The van der Waals surface area contributed by atoms with Gasteiger partial charge >= 0.3 is 0 Å². The second kappa shape index (κ2) is 6.18. The molecule has 0 N–H and O–H groups in total. The number of fused-ring (bicyclic) bond motifs is 1. The summed E-state index contributed by atoms with van der Waals surface area (Å²) in [7, 11) is 0. The van der Waals surface area contributed by atoms with Crippen LogP contribution in [0.25, 0.3) is 33.4 Å². The quantitative estimate of drug-likeness (QED) is 0.427. The highest BCUT2D eigenvalue weighted by Gasteiger charge is 2.18. The zero-order valence-electron chi connectivity index (χ0n) is 12.7. The highest BCUT2D eigenvalue weighted by molar-refractivity contribution is 7.20. The molecule has 114 valence electrons. The first-order chi connectivity index (χ1) is 11.2. The number of benzene rings is 2. The highest BCUT2D eigenvalue weighted by atomic mass is 32.1. The van der Waals surface area contributed by atoms with Crippen molar-refractivity contribution in [3.63, 3.8) is 0 Å². The van der Waals surface area contributed by atoms with Gasteiger partial charge in [-0.15, -0.1) is 11.3 Å². The minimum Gasteiger partial charge on any atom is -0.258 e. The normalized spacial score (nSPS) is 11.2.